The molecule has 3 rings (SSSR count). The molecule has 0 bridgehead atoms. The number of fused-ring (bicyclic) bond motifs is 1. The molecule has 1 aromatic heterocycles. The van der Waals surface area contributed by atoms with E-state index in [0.717, 1.165) is 11.1 Å². The number of aromatic nitrogens is 2. The number of hydrogen-bond donors (Lipinski definition) is 0. The third-order valence-electron chi connectivity index (χ3n) is 4.75. The van der Waals surface area contributed by atoms with Crippen molar-refractivity contribution in [1.29, 1.82) is 0 Å². The standard InChI is InChI=1S/C20H19Cl2N3O2/c1-12-5-4-6-16-19(12)23-11-25(20(16)27)10-18(26)24(3)13(2)15-8-7-14(21)9-17(15)22/h4-9,11,13H,10H2,1-3H3/t13-/m1/s1. The molecule has 0 fully saturated rings. The highest BCUT2D eigenvalue weighted by molar-refractivity contribution is 6.35. The van der Waals surface area contributed by atoms with E-state index in [4.69, 9.17) is 23.2 Å². The normalized spacial score (nSPS) is 12.2. The number of benzene rings is 2. The number of likely N-dealkylation sites (N-methyl/N-ethyl adjacent to an activating group) is 1. The minimum Gasteiger partial charge on any atom is -0.337 e. The van der Waals surface area contributed by atoms with Gasteiger partial charge in [0.25, 0.3) is 5.56 Å². The highest BCUT2D eigenvalue weighted by Gasteiger charge is 2.20. The Hall–Kier alpha value is -2.37. The number of carbonyl (C=O) groups is 1. The Labute approximate surface area is 167 Å². The van der Waals surface area contributed by atoms with E-state index in [1.54, 1.807) is 36.2 Å². The van der Waals surface area contributed by atoms with Crippen LogP contribution in [0.2, 0.25) is 10.0 Å². The maximum atomic E-state index is 12.7. The number of carbonyl (C=O) groups excluding carboxylic acids is 1. The van der Waals surface area contributed by atoms with Gasteiger partial charge in [0, 0.05) is 17.1 Å². The van der Waals surface area contributed by atoms with Crippen LogP contribution in [-0.2, 0) is 11.3 Å². The van der Waals surface area contributed by atoms with Gasteiger partial charge in [-0.05, 0) is 43.2 Å². The van der Waals surface area contributed by atoms with Gasteiger partial charge in [-0.3, -0.25) is 14.2 Å². The van der Waals surface area contributed by atoms with Crippen LogP contribution < -0.4 is 5.56 Å². The van der Waals surface area contributed by atoms with Crippen molar-refractivity contribution in [3.63, 3.8) is 0 Å². The quantitative estimate of drug-likeness (QED) is 0.654. The first-order chi connectivity index (χ1) is 12.8. The van der Waals surface area contributed by atoms with Crippen LogP contribution in [0.3, 0.4) is 0 Å². The number of para-hydroxylation sites is 1. The van der Waals surface area contributed by atoms with Gasteiger partial charge in [-0.1, -0.05) is 41.4 Å². The maximum absolute atomic E-state index is 12.7. The first kappa shape index (κ1) is 19.4. The lowest BCUT2D eigenvalue weighted by atomic mass is 10.1. The third kappa shape index (κ3) is 3.84. The van der Waals surface area contributed by atoms with E-state index in [2.05, 4.69) is 4.98 Å². The van der Waals surface area contributed by atoms with Crippen LogP contribution in [-0.4, -0.2) is 27.4 Å². The molecular weight excluding hydrogens is 385 g/mol. The molecule has 3 aromatic rings. The number of amides is 1. The predicted octanol–water partition coefficient (Wildman–Crippen LogP) is 4.23. The summed E-state index contributed by atoms with van der Waals surface area (Å²) in [6, 6.07) is 10.3. The van der Waals surface area contributed by atoms with Gasteiger partial charge in [0.05, 0.1) is 23.3 Å². The van der Waals surface area contributed by atoms with Gasteiger partial charge in [0.15, 0.2) is 0 Å². The number of hydrogen-bond acceptors (Lipinski definition) is 3. The minimum absolute atomic E-state index is 0.0955. The zero-order valence-corrected chi connectivity index (χ0v) is 16.8. The van der Waals surface area contributed by atoms with Crippen molar-refractivity contribution in [2.75, 3.05) is 7.05 Å². The number of halogens is 2. The summed E-state index contributed by atoms with van der Waals surface area (Å²) in [6.07, 6.45) is 1.42. The Morgan fingerprint density at radius 3 is 2.70 bits per heavy atom. The molecule has 2 aromatic carbocycles. The molecule has 5 nitrogen and oxygen atoms in total. The number of rotatable bonds is 4. The lowest BCUT2D eigenvalue weighted by Crippen LogP contribution is -2.35. The predicted molar refractivity (Wildman–Crippen MR) is 108 cm³/mol. The van der Waals surface area contributed by atoms with E-state index in [9.17, 15) is 9.59 Å². The van der Waals surface area contributed by atoms with Crippen molar-refractivity contribution in [2.24, 2.45) is 0 Å². The first-order valence-electron chi connectivity index (χ1n) is 8.45. The van der Waals surface area contributed by atoms with Crippen LogP contribution >= 0.6 is 23.2 Å². The fraction of sp³-hybridized carbons (Fsp3) is 0.250. The van der Waals surface area contributed by atoms with Gasteiger partial charge in [0.2, 0.25) is 5.91 Å². The van der Waals surface area contributed by atoms with Crippen molar-refractivity contribution < 1.29 is 4.79 Å². The van der Waals surface area contributed by atoms with Crippen LogP contribution in [0.4, 0.5) is 0 Å². The van der Waals surface area contributed by atoms with E-state index in [1.165, 1.54) is 10.9 Å². The van der Waals surface area contributed by atoms with Crippen molar-refractivity contribution in [3.05, 3.63) is 74.3 Å². The Morgan fingerprint density at radius 1 is 1.26 bits per heavy atom. The van der Waals surface area contributed by atoms with E-state index < -0.39 is 0 Å². The van der Waals surface area contributed by atoms with Crippen molar-refractivity contribution in [3.8, 4) is 0 Å². The summed E-state index contributed by atoms with van der Waals surface area (Å²) in [5.41, 5.74) is 2.13. The molecular formula is C20H19Cl2N3O2. The molecule has 0 N–H and O–H groups in total. The van der Waals surface area contributed by atoms with Gasteiger partial charge in [-0.25, -0.2) is 4.98 Å². The smallest absolute Gasteiger partial charge is 0.261 e. The maximum Gasteiger partial charge on any atom is 0.261 e. The molecule has 27 heavy (non-hydrogen) atoms. The fourth-order valence-electron chi connectivity index (χ4n) is 2.97. The Kier molecular flexibility index (Phi) is 5.53. The highest BCUT2D eigenvalue weighted by atomic mass is 35.5. The SMILES string of the molecule is Cc1cccc2c(=O)n(CC(=O)N(C)[C@H](C)c3ccc(Cl)cc3Cl)cnc12. The second kappa shape index (κ2) is 7.71. The molecule has 1 heterocycles. The Bertz CT molecular complexity index is 1080. The summed E-state index contributed by atoms with van der Waals surface area (Å²) in [5.74, 6) is -0.218. The molecule has 0 unspecified atom stereocenters. The second-order valence-electron chi connectivity index (χ2n) is 6.50. The summed E-state index contributed by atoms with van der Waals surface area (Å²) in [4.78, 5) is 31.3. The molecule has 0 saturated heterocycles. The van der Waals surface area contributed by atoms with Crippen LogP contribution in [0.5, 0.6) is 0 Å². The molecule has 0 radical (unpaired) electrons. The monoisotopic (exact) mass is 403 g/mol. The van der Waals surface area contributed by atoms with Gasteiger partial charge in [-0.15, -0.1) is 0 Å². The lowest BCUT2D eigenvalue weighted by Gasteiger charge is -2.26. The summed E-state index contributed by atoms with van der Waals surface area (Å²) in [6.45, 7) is 3.68. The van der Waals surface area contributed by atoms with Crippen LogP contribution in [0.15, 0.2) is 47.5 Å². The van der Waals surface area contributed by atoms with Crippen molar-refractivity contribution >= 4 is 40.0 Å². The average molecular weight is 404 g/mol. The summed E-state index contributed by atoms with van der Waals surface area (Å²) >= 11 is 12.2. The first-order valence-corrected chi connectivity index (χ1v) is 9.20. The zero-order chi connectivity index (χ0) is 19.7. The van der Waals surface area contributed by atoms with E-state index >= 15 is 0 Å². The van der Waals surface area contributed by atoms with Gasteiger partial charge >= 0.3 is 0 Å². The van der Waals surface area contributed by atoms with Crippen LogP contribution in [0, 0.1) is 6.92 Å². The molecule has 7 heteroatoms. The second-order valence-corrected chi connectivity index (χ2v) is 7.34. The number of nitrogens with zero attached hydrogens (tertiary/aromatic N) is 3. The average Bonchev–Trinajstić information content (AvgIpc) is 2.63. The van der Waals surface area contributed by atoms with Crippen molar-refractivity contribution in [1.82, 2.24) is 14.5 Å². The Morgan fingerprint density at radius 2 is 2.00 bits per heavy atom. The largest absolute Gasteiger partial charge is 0.337 e. The summed E-state index contributed by atoms with van der Waals surface area (Å²) in [5, 5.41) is 1.53. The molecule has 0 aliphatic rings. The third-order valence-corrected chi connectivity index (χ3v) is 5.31. The zero-order valence-electron chi connectivity index (χ0n) is 15.2. The fourth-order valence-corrected chi connectivity index (χ4v) is 3.54. The molecule has 1 atom stereocenters. The minimum atomic E-state index is -0.270. The summed E-state index contributed by atoms with van der Waals surface area (Å²) < 4.78 is 1.33. The molecule has 1 amide bonds. The number of aryl methyl sites for hydroxylation is 1. The van der Waals surface area contributed by atoms with E-state index in [0.29, 0.717) is 20.9 Å². The van der Waals surface area contributed by atoms with Crippen molar-refractivity contribution in [2.45, 2.75) is 26.4 Å². The van der Waals surface area contributed by atoms with Gasteiger partial charge in [0.1, 0.15) is 6.54 Å². The van der Waals surface area contributed by atoms with Crippen LogP contribution in [0.25, 0.3) is 10.9 Å². The molecule has 0 aliphatic carbocycles. The van der Waals surface area contributed by atoms with E-state index in [-0.39, 0.29) is 24.1 Å². The molecule has 0 saturated carbocycles. The highest BCUT2D eigenvalue weighted by Crippen LogP contribution is 2.29. The molecule has 140 valence electrons. The van der Waals surface area contributed by atoms with Gasteiger partial charge in [-0.2, -0.15) is 0 Å². The summed E-state index contributed by atoms with van der Waals surface area (Å²) in [7, 11) is 1.68. The Balaban J connectivity index is 1.85. The molecule has 0 spiro atoms. The molecule has 0 aliphatic heterocycles. The lowest BCUT2D eigenvalue weighted by molar-refractivity contribution is -0.132. The van der Waals surface area contributed by atoms with Gasteiger partial charge < -0.3 is 4.90 Å². The van der Waals surface area contributed by atoms with Crippen LogP contribution in [0.1, 0.15) is 24.1 Å². The topological polar surface area (TPSA) is 55.2 Å². The van der Waals surface area contributed by atoms with E-state index in [1.807, 2.05) is 26.0 Å².